The molecule has 0 atom stereocenters. The van der Waals surface area contributed by atoms with E-state index in [9.17, 15) is 13.6 Å². The van der Waals surface area contributed by atoms with E-state index in [0.717, 1.165) is 6.92 Å². The van der Waals surface area contributed by atoms with Crippen LogP contribution in [0.2, 0.25) is 5.02 Å². The lowest BCUT2D eigenvalue weighted by Gasteiger charge is -2.13. The fourth-order valence-electron chi connectivity index (χ4n) is 1.07. The highest BCUT2D eigenvalue weighted by molar-refractivity contribution is 6.32. The molecule has 0 bridgehead atoms. The van der Waals surface area contributed by atoms with Crippen LogP contribution in [-0.2, 0) is 4.74 Å². The number of hydrogen-bond acceptors (Lipinski definition) is 3. The normalized spacial score (nSPS) is 11.1. The first-order valence-corrected chi connectivity index (χ1v) is 5.10. The van der Waals surface area contributed by atoms with Gasteiger partial charge >= 0.3 is 5.97 Å². The highest BCUT2D eigenvalue weighted by Gasteiger charge is 2.22. The summed E-state index contributed by atoms with van der Waals surface area (Å²) in [6.45, 7) is -0.0337. The van der Waals surface area contributed by atoms with Gasteiger partial charge in [0.2, 0.25) is 0 Å². The van der Waals surface area contributed by atoms with Crippen molar-refractivity contribution in [2.24, 2.45) is 0 Å². The molecule has 0 aliphatic rings. The predicted octanol–water partition coefficient (Wildman–Crippen LogP) is 3.16. The van der Waals surface area contributed by atoms with Gasteiger partial charge in [-0.25, -0.2) is 13.6 Å². The Morgan fingerprint density at radius 2 is 2.12 bits per heavy atom. The van der Waals surface area contributed by atoms with Crippen LogP contribution in [0.5, 0.6) is 5.75 Å². The summed E-state index contributed by atoms with van der Waals surface area (Å²) in [6.07, 6.45) is 0. The average molecular weight is 265 g/mol. The molecule has 0 saturated carbocycles. The number of hydrogen-bond donors (Lipinski definition) is 0. The van der Waals surface area contributed by atoms with Gasteiger partial charge in [-0.3, -0.25) is 0 Å². The topological polar surface area (TPSA) is 35.5 Å². The SMILES string of the molecule is COC(=O)c1ccc(OCC(C)(F)F)c(Cl)c1. The van der Waals surface area contributed by atoms with Gasteiger partial charge in [0.15, 0.2) is 6.61 Å². The summed E-state index contributed by atoms with van der Waals surface area (Å²) in [6, 6.07) is 4.04. The molecule has 0 saturated heterocycles. The fourth-order valence-corrected chi connectivity index (χ4v) is 1.30. The zero-order chi connectivity index (χ0) is 13.1. The van der Waals surface area contributed by atoms with Crippen LogP contribution < -0.4 is 4.74 Å². The monoisotopic (exact) mass is 264 g/mol. The van der Waals surface area contributed by atoms with Gasteiger partial charge in [0.25, 0.3) is 5.92 Å². The van der Waals surface area contributed by atoms with Crippen LogP contribution in [0.1, 0.15) is 17.3 Å². The Bertz CT molecular complexity index is 416. The van der Waals surface area contributed by atoms with Crippen LogP contribution in [0.25, 0.3) is 0 Å². The largest absolute Gasteiger partial charge is 0.486 e. The molecule has 0 fully saturated rings. The van der Waals surface area contributed by atoms with Crippen LogP contribution in [0.15, 0.2) is 18.2 Å². The molecule has 0 unspecified atom stereocenters. The highest BCUT2D eigenvalue weighted by Crippen LogP contribution is 2.27. The van der Waals surface area contributed by atoms with Crippen LogP contribution in [-0.4, -0.2) is 25.6 Å². The molecule has 0 spiro atoms. The summed E-state index contributed by atoms with van der Waals surface area (Å²) < 4.78 is 34.4. The number of carbonyl (C=O) groups is 1. The van der Waals surface area contributed by atoms with Crippen molar-refractivity contribution in [3.05, 3.63) is 28.8 Å². The summed E-state index contributed by atoms with van der Waals surface area (Å²) >= 11 is 5.78. The van der Waals surface area contributed by atoms with E-state index >= 15 is 0 Å². The first kappa shape index (κ1) is 13.7. The molecule has 94 valence electrons. The second-order valence-corrected chi connectivity index (χ2v) is 3.90. The lowest BCUT2D eigenvalue weighted by Crippen LogP contribution is -2.21. The fraction of sp³-hybridized carbons (Fsp3) is 0.364. The molecule has 0 N–H and O–H groups in total. The summed E-state index contributed by atoms with van der Waals surface area (Å²) in [5, 5.41) is 0.0807. The van der Waals surface area contributed by atoms with Crippen molar-refractivity contribution in [3.63, 3.8) is 0 Å². The van der Waals surface area contributed by atoms with Crippen molar-refractivity contribution in [3.8, 4) is 5.75 Å². The Hall–Kier alpha value is -1.36. The molecule has 0 amide bonds. The van der Waals surface area contributed by atoms with E-state index in [1.807, 2.05) is 0 Å². The molecule has 0 aliphatic heterocycles. The number of carbonyl (C=O) groups excluding carboxylic acids is 1. The Morgan fingerprint density at radius 3 is 2.59 bits per heavy atom. The van der Waals surface area contributed by atoms with Gasteiger partial charge in [-0.1, -0.05) is 11.6 Å². The van der Waals surface area contributed by atoms with E-state index in [1.165, 1.54) is 25.3 Å². The number of alkyl halides is 2. The molecule has 3 nitrogen and oxygen atoms in total. The van der Waals surface area contributed by atoms with Crippen molar-refractivity contribution in [2.75, 3.05) is 13.7 Å². The van der Waals surface area contributed by atoms with E-state index < -0.39 is 18.5 Å². The second-order valence-electron chi connectivity index (χ2n) is 3.50. The van der Waals surface area contributed by atoms with E-state index in [1.54, 1.807) is 0 Å². The number of benzene rings is 1. The molecule has 17 heavy (non-hydrogen) atoms. The third kappa shape index (κ3) is 4.19. The predicted molar refractivity (Wildman–Crippen MR) is 58.9 cm³/mol. The third-order valence-electron chi connectivity index (χ3n) is 1.83. The number of ether oxygens (including phenoxy) is 2. The van der Waals surface area contributed by atoms with E-state index in [-0.39, 0.29) is 16.3 Å². The van der Waals surface area contributed by atoms with Gasteiger partial charge in [-0.15, -0.1) is 0 Å². The van der Waals surface area contributed by atoms with Gasteiger partial charge in [0.05, 0.1) is 17.7 Å². The van der Waals surface area contributed by atoms with Crippen molar-refractivity contribution in [2.45, 2.75) is 12.8 Å². The minimum Gasteiger partial charge on any atom is -0.486 e. The van der Waals surface area contributed by atoms with E-state index in [2.05, 4.69) is 4.74 Å². The Morgan fingerprint density at radius 1 is 1.47 bits per heavy atom. The number of rotatable bonds is 4. The van der Waals surface area contributed by atoms with Crippen molar-refractivity contribution < 1.29 is 23.0 Å². The molecule has 0 radical (unpaired) electrons. The zero-order valence-corrected chi connectivity index (χ0v) is 10.1. The number of halogens is 3. The quantitative estimate of drug-likeness (QED) is 0.784. The molecule has 0 heterocycles. The van der Waals surface area contributed by atoms with Crippen LogP contribution in [0, 0.1) is 0 Å². The Kier molecular flexibility index (Phi) is 4.28. The van der Waals surface area contributed by atoms with E-state index in [0.29, 0.717) is 0 Å². The molecular formula is C11H11ClF2O3. The van der Waals surface area contributed by atoms with Gasteiger partial charge in [0.1, 0.15) is 5.75 Å². The molecule has 0 aromatic heterocycles. The summed E-state index contributed by atoms with van der Waals surface area (Å²) in [5.74, 6) is -3.40. The van der Waals surface area contributed by atoms with Crippen LogP contribution >= 0.6 is 11.6 Å². The molecular weight excluding hydrogens is 254 g/mol. The molecule has 1 aromatic rings. The zero-order valence-electron chi connectivity index (χ0n) is 9.30. The maximum absolute atomic E-state index is 12.6. The maximum Gasteiger partial charge on any atom is 0.337 e. The van der Waals surface area contributed by atoms with Gasteiger partial charge in [0, 0.05) is 6.92 Å². The van der Waals surface area contributed by atoms with Crippen LogP contribution in [0.3, 0.4) is 0 Å². The average Bonchev–Trinajstić information content (AvgIpc) is 2.25. The smallest absolute Gasteiger partial charge is 0.337 e. The summed E-state index contributed by atoms with van der Waals surface area (Å²) in [7, 11) is 1.23. The Balaban J connectivity index is 2.80. The standard InChI is InChI=1S/C11H11ClF2O3/c1-11(13,14)6-17-9-4-3-7(5-8(9)12)10(15)16-2/h3-5H,6H2,1-2H3. The molecule has 6 heteroatoms. The third-order valence-corrected chi connectivity index (χ3v) is 2.13. The highest BCUT2D eigenvalue weighted by atomic mass is 35.5. The van der Waals surface area contributed by atoms with Gasteiger partial charge in [-0.05, 0) is 18.2 Å². The van der Waals surface area contributed by atoms with Gasteiger partial charge < -0.3 is 9.47 Å². The molecule has 1 rings (SSSR count). The minimum absolute atomic E-state index is 0.0807. The maximum atomic E-state index is 12.6. The summed E-state index contributed by atoms with van der Waals surface area (Å²) in [5.41, 5.74) is 0.230. The first-order valence-electron chi connectivity index (χ1n) is 4.72. The minimum atomic E-state index is -2.94. The molecule has 0 aliphatic carbocycles. The Labute approximate surface area is 102 Å². The van der Waals surface area contributed by atoms with Crippen molar-refractivity contribution in [1.29, 1.82) is 0 Å². The molecule has 1 aromatic carbocycles. The lowest BCUT2D eigenvalue weighted by molar-refractivity contribution is -0.0229. The lowest BCUT2D eigenvalue weighted by atomic mass is 10.2. The van der Waals surface area contributed by atoms with E-state index in [4.69, 9.17) is 16.3 Å². The van der Waals surface area contributed by atoms with Crippen molar-refractivity contribution in [1.82, 2.24) is 0 Å². The first-order chi connectivity index (χ1) is 7.83. The van der Waals surface area contributed by atoms with Crippen molar-refractivity contribution >= 4 is 17.6 Å². The number of esters is 1. The van der Waals surface area contributed by atoms with Gasteiger partial charge in [-0.2, -0.15) is 0 Å². The summed E-state index contributed by atoms with van der Waals surface area (Å²) in [4.78, 5) is 11.2. The van der Waals surface area contributed by atoms with Crippen LogP contribution in [0.4, 0.5) is 8.78 Å². The second kappa shape index (κ2) is 5.31. The number of methoxy groups -OCH3 is 1.